The molecule has 0 aromatic carbocycles. The molecule has 1 heterocycles. The Morgan fingerprint density at radius 3 is 2.67 bits per heavy atom. The zero-order valence-electron chi connectivity index (χ0n) is 11.6. The van der Waals surface area contributed by atoms with Crippen LogP contribution in [0.2, 0.25) is 0 Å². The molecule has 1 rings (SSSR count). The lowest BCUT2D eigenvalue weighted by Gasteiger charge is -2.25. The molecule has 5 heteroatoms. The Labute approximate surface area is 109 Å². The largest absolute Gasteiger partial charge is 0.396 e. The van der Waals surface area contributed by atoms with E-state index in [9.17, 15) is 0 Å². The summed E-state index contributed by atoms with van der Waals surface area (Å²) in [6.07, 6.45) is 4.38. The van der Waals surface area contributed by atoms with Crippen LogP contribution in [-0.4, -0.2) is 41.8 Å². The Kier molecular flexibility index (Phi) is 6.43. The second kappa shape index (κ2) is 7.87. The fraction of sp³-hybridized carbons (Fsp3) is 0.692. The van der Waals surface area contributed by atoms with Gasteiger partial charge in [-0.3, -0.25) is 0 Å². The molecule has 0 aliphatic carbocycles. The Morgan fingerprint density at radius 1 is 1.33 bits per heavy atom. The number of aliphatic hydroxyl groups excluding tert-OH is 1. The molecule has 0 bridgehead atoms. The fourth-order valence-corrected chi connectivity index (χ4v) is 2.05. The van der Waals surface area contributed by atoms with E-state index >= 15 is 0 Å². The normalized spacial score (nSPS) is 10.4. The highest BCUT2D eigenvalue weighted by molar-refractivity contribution is 5.58. The van der Waals surface area contributed by atoms with Crippen LogP contribution >= 0.6 is 0 Å². The average molecular weight is 252 g/mol. The molecule has 0 saturated heterocycles. The van der Waals surface area contributed by atoms with E-state index < -0.39 is 0 Å². The highest BCUT2D eigenvalue weighted by atomic mass is 16.3. The zero-order valence-corrected chi connectivity index (χ0v) is 11.6. The van der Waals surface area contributed by atoms with Gasteiger partial charge in [-0.1, -0.05) is 13.3 Å². The minimum atomic E-state index is 0.212. The molecule has 0 unspecified atom stereocenters. The number of aliphatic hydroxyl groups is 1. The third-order valence-corrected chi connectivity index (χ3v) is 2.93. The lowest BCUT2D eigenvalue weighted by molar-refractivity contribution is 0.289. The summed E-state index contributed by atoms with van der Waals surface area (Å²) in [7, 11) is 1.88. The minimum absolute atomic E-state index is 0.212. The predicted molar refractivity (Wildman–Crippen MR) is 75.2 cm³/mol. The molecule has 0 amide bonds. The first-order chi connectivity index (χ1) is 8.78. The van der Waals surface area contributed by atoms with Gasteiger partial charge in [0.2, 0.25) is 0 Å². The van der Waals surface area contributed by atoms with Crippen LogP contribution in [0.15, 0.2) is 6.33 Å². The molecule has 5 nitrogen and oxygen atoms in total. The van der Waals surface area contributed by atoms with Gasteiger partial charge in [-0.15, -0.1) is 0 Å². The Hall–Kier alpha value is -1.36. The number of aromatic nitrogens is 2. The molecule has 1 aromatic heterocycles. The molecule has 0 radical (unpaired) electrons. The van der Waals surface area contributed by atoms with E-state index in [1.165, 1.54) is 5.56 Å². The van der Waals surface area contributed by atoms with E-state index in [2.05, 4.69) is 34.0 Å². The lowest BCUT2D eigenvalue weighted by Crippen LogP contribution is -2.27. The van der Waals surface area contributed by atoms with Crippen molar-refractivity contribution in [1.82, 2.24) is 9.97 Å². The van der Waals surface area contributed by atoms with Crippen molar-refractivity contribution >= 4 is 11.6 Å². The van der Waals surface area contributed by atoms with Gasteiger partial charge in [-0.2, -0.15) is 0 Å². The molecule has 18 heavy (non-hydrogen) atoms. The van der Waals surface area contributed by atoms with E-state index in [-0.39, 0.29) is 6.61 Å². The molecule has 0 atom stereocenters. The van der Waals surface area contributed by atoms with Crippen molar-refractivity contribution in [3.63, 3.8) is 0 Å². The minimum Gasteiger partial charge on any atom is -0.396 e. The van der Waals surface area contributed by atoms with Crippen LogP contribution in [0.3, 0.4) is 0 Å². The zero-order chi connectivity index (χ0) is 13.4. The third kappa shape index (κ3) is 3.57. The standard InChI is InChI=1S/C13H24N4O/c1-4-7-11-12(14-3)15-10-16-13(11)17(5-2)8-6-9-18/h10,18H,4-9H2,1-3H3,(H,14,15,16). The van der Waals surface area contributed by atoms with Crippen molar-refractivity contribution in [1.29, 1.82) is 0 Å². The van der Waals surface area contributed by atoms with Gasteiger partial charge >= 0.3 is 0 Å². The van der Waals surface area contributed by atoms with Gasteiger partial charge in [0.15, 0.2) is 0 Å². The van der Waals surface area contributed by atoms with Gasteiger partial charge in [0.05, 0.1) is 0 Å². The van der Waals surface area contributed by atoms with Crippen molar-refractivity contribution in [2.75, 3.05) is 37.0 Å². The summed E-state index contributed by atoms with van der Waals surface area (Å²) < 4.78 is 0. The molecular formula is C13H24N4O. The van der Waals surface area contributed by atoms with Gasteiger partial charge in [-0.05, 0) is 19.8 Å². The molecule has 0 fully saturated rings. The highest BCUT2D eigenvalue weighted by Gasteiger charge is 2.14. The van der Waals surface area contributed by atoms with Gasteiger partial charge in [-0.25, -0.2) is 9.97 Å². The van der Waals surface area contributed by atoms with Crippen LogP contribution in [0.5, 0.6) is 0 Å². The van der Waals surface area contributed by atoms with E-state index in [1.54, 1.807) is 6.33 Å². The van der Waals surface area contributed by atoms with Crippen molar-refractivity contribution in [3.8, 4) is 0 Å². The monoisotopic (exact) mass is 252 g/mol. The van der Waals surface area contributed by atoms with E-state index in [1.807, 2.05) is 7.05 Å². The van der Waals surface area contributed by atoms with Crippen molar-refractivity contribution in [3.05, 3.63) is 11.9 Å². The third-order valence-electron chi connectivity index (χ3n) is 2.93. The maximum atomic E-state index is 8.96. The molecule has 0 saturated carbocycles. The second-order valence-electron chi connectivity index (χ2n) is 4.18. The molecule has 102 valence electrons. The van der Waals surface area contributed by atoms with E-state index in [0.717, 1.165) is 44.0 Å². The predicted octanol–water partition coefficient (Wildman–Crippen LogP) is 1.68. The number of rotatable bonds is 8. The Bertz CT molecular complexity index is 357. The van der Waals surface area contributed by atoms with Crippen LogP contribution < -0.4 is 10.2 Å². The Morgan fingerprint density at radius 2 is 2.11 bits per heavy atom. The fourth-order valence-electron chi connectivity index (χ4n) is 2.05. The average Bonchev–Trinajstić information content (AvgIpc) is 2.41. The maximum Gasteiger partial charge on any atom is 0.137 e. The van der Waals surface area contributed by atoms with Crippen LogP contribution in [0, 0.1) is 0 Å². The summed E-state index contributed by atoms with van der Waals surface area (Å²) >= 11 is 0. The summed E-state index contributed by atoms with van der Waals surface area (Å²) in [5.74, 6) is 1.90. The van der Waals surface area contributed by atoms with Crippen LogP contribution in [0.4, 0.5) is 11.6 Å². The molecule has 0 aliphatic rings. The first-order valence-corrected chi connectivity index (χ1v) is 6.65. The topological polar surface area (TPSA) is 61.3 Å². The summed E-state index contributed by atoms with van der Waals surface area (Å²) in [4.78, 5) is 10.9. The van der Waals surface area contributed by atoms with Gasteiger partial charge in [0, 0.05) is 32.3 Å². The van der Waals surface area contributed by atoms with Crippen molar-refractivity contribution in [2.45, 2.75) is 33.1 Å². The summed E-state index contributed by atoms with van der Waals surface area (Å²) in [6.45, 7) is 6.18. The SMILES string of the molecule is CCCc1c(NC)ncnc1N(CC)CCCO. The van der Waals surface area contributed by atoms with Crippen LogP contribution in [0.25, 0.3) is 0 Å². The Balaban J connectivity index is 3.03. The summed E-state index contributed by atoms with van der Waals surface area (Å²) in [6, 6.07) is 0. The highest BCUT2D eigenvalue weighted by Crippen LogP contribution is 2.24. The smallest absolute Gasteiger partial charge is 0.137 e. The number of nitrogens with zero attached hydrogens (tertiary/aromatic N) is 3. The van der Waals surface area contributed by atoms with Gasteiger partial charge in [0.25, 0.3) is 0 Å². The quantitative estimate of drug-likeness (QED) is 0.737. The summed E-state index contributed by atoms with van der Waals surface area (Å²) in [5, 5.41) is 12.1. The van der Waals surface area contributed by atoms with Crippen LogP contribution in [0.1, 0.15) is 32.3 Å². The number of anilines is 2. The second-order valence-corrected chi connectivity index (χ2v) is 4.18. The van der Waals surface area contributed by atoms with Gasteiger partial charge in [0.1, 0.15) is 18.0 Å². The lowest BCUT2D eigenvalue weighted by atomic mass is 10.1. The molecular weight excluding hydrogens is 228 g/mol. The number of nitrogens with one attached hydrogen (secondary N) is 1. The summed E-state index contributed by atoms with van der Waals surface area (Å²) in [5.41, 5.74) is 1.17. The number of hydrogen-bond donors (Lipinski definition) is 2. The maximum absolute atomic E-state index is 8.96. The van der Waals surface area contributed by atoms with Crippen LogP contribution in [-0.2, 0) is 6.42 Å². The number of hydrogen-bond acceptors (Lipinski definition) is 5. The molecule has 1 aromatic rings. The van der Waals surface area contributed by atoms with Crippen molar-refractivity contribution in [2.24, 2.45) is 0 Å². The van der Waals surface area contributed by atoms with E-state index in [4.69, 9.17) is 5.11 Å². The van der Waals surface area contributed by atoms with E-state index in [0.29, 0.717) is 0 Å². The van der Waals surface area contributed by atoms with Crippen molar-refractivity contribution < 1.29 is 5.11 Å². The van der Waals surface area contributed by atoms with Gasteiger partial charge < -0.3 is 15.3 Å². The first-order valence-electron chi connectivity index (χ1n) is 6.65. The molecule has 0 aliphatic heterocycles. The molecule has 2 N–H and O–H groups in total. The molecule has 0 spiro atoms. The first kappa shape index (κ1) is 14.7.